The summed E-state index contributed by atoms with van der Waals surface area (Å²) in [5.74, 6) is 2.27. The van der Waals surface area contributed by atoms with Crippen molar-refractivity contribution in [2.45, 2.75) is 6.42 Å². The van der Waals surface area contributed by atoms with Gasteiger partial charge in [-0.25, -0.2) is 4.99 Å². The minimum absolute atomic E-state index is 0.674. The van der Waals surface area contributed by atoms with E-state index in [4.69, 9.17) is 25.5 Å². The highest BCUT2D eigenvalue weighted by molar-refractivity contribution is 6.31. The predicted molar refractivity (Wildman–Crippen MR) is 119 cm³/mol. The Morgan fingerprint density at radius 1 is 0.867 bits per heavy atom. The Kier molecular flexibility index (Phi) is 6.05. The molecule has 0 aliphatic heterocycles. The molecule has 1 N–H and O–H groups in total. The van der Waals surface area contributed by atoms with Gasteiger partial charge >= 0.3 is 0 Å². The summed E-state index contributed by atoms with van der Waals surface area (Å²) in [5.41, 5.74) is 2.97. The molecule has 4 aromatic rings. The number of nitrogens with one attached hydrogen (secondary N) is 1. The van der Waals surface area contributed by atoms with Crippen LogP contribution in [0.25, 0.3) is 22.3 Å². The van der Waals surface area contributed by atoms with Gasteiger partial charge < -0.3 is 13.9 Å². The molecular formula is C25H23ClNO3+. The first-order valence-electron chi connectivity index (χ1n) is 9.74. The zero-order valence-electron chi connectivity index (χ0n) is 16.9. The van der Waals surface area contributed by atoms with Gasteiger partial charge in [0.15, 0.2) is 11.5 Å². The molecule has 5 heteroatoms. The third-order valence-electron chi connectivity index (χ3n) is 4.96. The van der Waals surface area contributed by atoms with Gasteiger partial charge in [0.2, 0.25) is 5.36 Å². The minimum atomic E-state index is 0.674. The second kappa shape index (κ2) is 9.06. The van der Waals surface area contributed by atoms with Crippen LogP contribution in [0.1, 0.15) is 5.56 Å². The van der Waals surface area contributed by atoms with Crippen molar-refractivity contribution in [2.75, 3.05) is 20.8 Å². The first kappa shape index (κ1) is 20.0. The van der Waals surface area contributed by atoms with Crippen LogP contribution in [0.15, 0.2) is 77.2 Å². The van der Waals surface area contributed by atoms with Crippen LogP contribution in [0, 0.1) is 0 Å². The Morgan fingerprint density at radius 3 is 2.43 bits per heavy atom. The average molecular weight is 421 g/mol. The lowest BCUT2D eigenvalue weighted by Crippen LogP contribution is -2.77. The lowest BCUT2D eigenvalue weighted by Gasteiger charge is -2.08. The Balaban J connectivity index is 1.70. The molecule has 0 atom stereocenters. The maximum atomic E-state index is 6.24. The van der Waals surface area contributed by atoms with Gasteiger partial charge in [0, 0.05) is 17.0 Å². The molecule has 4 nitrogen and oxygen atoms in total. The van der Waals surface area contributed by atoms with Gasteiger partial charge in [0.05, 0.1) is 25.7 Å². The average Bonchev–Trinajstić information content (AvgIpc) is 2.79. The van der Waals surface area contributed by atoms with Crippen LogP contribution in [-0.2, 0) is 6.42 Å². The fraction of sp³-hybridized carbons (Fsp3) is 0.160. The van der Waals surface area contributed by atoms with E-state index in [1.165, 1.54) is 0 Å². The smallest absolute Gasteiger partial charge is 0.213 e. The summed E-state index contributed by atoms with van der Waals surface area (Å²) in [6.45, 7) is 0.745. The summed E-state index contributed by atoms with van der Waals surface area (Å²) in [4.78, 5) is 3.55. The van der Waals surface area contributed by atoms with Crippen molar-refractivity contribution >= 4 is 22.6 Å². The van der Waals surface area contributed by atoms with E-state index < -0.39 is 0 Å². The van der Waals surface area contributed by atoms with Gasteiger partial charge in [-0.2, -0.15) is 0 Å². The molecule has 0 unspecified atom stereocenters. The molecule has 0 aliphatic carbocycles. The van der Waals surface area contributed by atoms with E-state index in [0.29, 0.717) is 5.02 Å². The fourth-order valence-electron chi connectivity index (χ4n) is 3.43. The Labute approximate surface area is 180 Å². The number of halogens is 1. The molecule has 4 rings (SSSR count). The molecule has 0 saturated carbocycles. The number of hydrogen-bond donors (Lipinski definition) is 1. The van der Waals surface area contributed by atoms with Gasteiger partial charge in [-0.3, -0.25) is 0 Å². The normalized spacial score (nSPS) is 11.6. The highest BCUT2D eigenvalue weighted by Crippen LogP contribution is 2.27. The van der Waals surface area contributed by atoms with Gasteiger partial charge in [0.25, 0.3) is 0 Å². The minimum Gasteiger partial charge on any atom is -0.493 e. The van der Waals surface area contributed by atoms with Gasteiger partial charge in [-0.05, 0) is 35.9 Å². The topological polar surface area (TPSA) is 45.6 Å². The number of ether oxygens (including phenoxy) is 2. The van der Waals surface area contributed by atoms with Crippen molar-refractivity contribution in [2.24, 2.45) is 0 Å². The number of methoxy groups -OCH3 is 2. The van der Waals surface area contributed by atoms with Crippen molar-refractivity contribution in [1.29, 1.82) is 0 Å². The van der Waals surface area contributed by atoms with Crippen LogP contribution in [-0.4, -0.2) is 20.8 Å². The maximum Gasteiger partial charge on any atom is 0.213 e. The van der Waals surface area contributed by atoms with Crippen LogP contribution in [0.5, 0.6) is 11.5 Å². The van der Waals surface area contributed by atoms with E-state index in [2.05, 4.69) is 4.99 Å². The molecule has 30 heavy (non-hydrogen) atoms. The van der Waals surface area contributed by atoms with E-state index in [9.17, 15) is 0 Å². The second-order valence-corrected chi connectivity index (χ2v) is 7.33. The molecule has 0 radical (unpaired) electrons. The van der Waals surface area contributed by atoms with Crippen LogP contribution < -0.4 is 19.8 Å². The van der Waals surface area contributed by atoms with Crippen molar-refractivity contribution in [3.8, 4) is 22.8 Å². The second-order valence-electron chi connectivity index (χ2n) is 6.90. The standard InChI is InChI=1S/C25H22ClNO3/c1-28-23-10-8-17(14-25(23)29-2)12-13-27-21-16-24(18-6-4-3-5-7-18)30-22-11-9-19(26)15-20(21)22/h3-11,14-16H,12-13H2,1-2H3/p+1. The van der Waals surface area contributed by atoms with Crippen LogP contribution in [0.3, 0.4) is 0 Å². The first-order valence-corrected chi connectivity index (χ1v) is 10.1. The highest BCUT2D eigenvalue weighted by Gasteiger charge is 2.10. The van der Waals surface area contributed by atoms with Crippen LogP contribution in [0.4, 0.5) is 0 Å². The maximum absolute atomic E-state index is 6.24. The Hall–Kier alpha value is -3.24. The monoisotopic (exact) mass is 420 g/mol. The third-order valence-corrected chi connectivity index (χ3v) is 5.20. The molecule has 152 valence electrons. The van der Waals surface area contributed by atoms with Crippen molar-refractivity contribution in [3.63, 3.8) is 0 Å². The summed E-state index contributed by atoms with van der Waals surface area (Å²) in [6.07, 6.45) is 0.828. The summed E-state index contributed by atoms with van der Waals surface area (Å²) < 4.78 is 16.9. The molecule has 1 heterocycles. The van der Waals surface area contributed by atoms with Gasteiger partial charge in [0.1, 0.15) is 17.9 Å². The third kappa shape index (κ3) is 4.34. The summed E-state index contributed by atoms with van der Waals surface area (Å²) in [5, 5.41) is 2.61. The van der Waals surface area contributed by atoms with Crippen molar-refractivity contribution in [1.82, 2.24) is 0 Å². The van der Waals surface area contributed by atoms with Gasteiger partial charge in [-0.15, -0.1) is 0 Å². The van der Waals surface area contributed by atoms with Crippen LogP contribution >= 0.6 is 11.6 Å². The molecule has 0 spiro atoms. The summed E-state index contributed by atoms with van der Waals surface area (Å²) in [6, 6.07) is 23.8. The SMILES string of the molecule is COc1ccc(CC[NH+]=c2cc(-c3ccccc3)oc3ccc(Cl)cc23)cc1OC. The summed E-state index contributed by atoms with van der Waals surface area (Å²) in [7, 11) is 3.29. The molecular weight excluding hydrogens is 398 g/mol. The van der Waals surface area contributed by atoms with Crippen molar-refractivity contribution < 1.29 is 18.9 Å². The molecule has 3 aromatic carbocycles. The molecule has 0 amide bonds. The zero-order chi connectivity index (χ0) is 20.9. The molecule has 1 aromatic heterocycles. The number of hydrogen-bond acceptors (Lipinski definition) is 3. The number of benzene rings is 3. The zero-order valence-corrected chi connectivity index (χ0v) is 17.7. The predicted octanol–water partition coefficient (Wildman–Crippen LogP) is 3.99. The summed E-state index contributed by atoms with van der Waals surface area (Å²) >= 11 is 6.24. The lowest BCUT2D eigenvalue weighted by molar-refractivity contribution is -0.498. The van der Waals surface area contributed by atoms with Crippen molar-refractivity contribution in [3.05, 3.63) is 88.7 Å². The Morgan fingerprint density at radius 2 is 1.67 bits per heavy atom. The van der Waals surface area contributed by atoms with Crippen LogP contribution in [0.2, 0.25) is 5.02 Å². The van der Waals surface area contributed by atoms with E-state index in [1.807, 2.05) is 72.8 Å². The highest BCUT2D eigenvalue weighted by atomic mass is 35.5. The van der Waals surface area contributed by atoms with E-state index in [0.717, 1.165) is 57.7 Å². The number of fused-ring (bicyclic) bond motifs is 1. The van der Waals surface area contributed by atoms with E-state index >= 15 is 0 Å². The molecule has 0 saturated heterocycles. The molecule has 0 fully saturated rings. The quantitative estimate of drug-likeness (QED) is 0.513. The molecule has 0 bridgehead atoms. The number of rotatable bonds is 6. The van der Waals surface area contributed by atoms with E-state index in [-0.39, 0.29) is 0 Å². The van der Waals surface area contributed by atoms with E-state index in [1.54, 1.807) is 14.2 Å². The lowest BCUT2D eigenvalue weighted by atomic mass is 10.1. The fourth-order valence-corrected chi connectivity index (χ4v) is 3.60. The molecule has 0 aliphatic rings. The Bertz CT molecular complexity index is 1230. The largest absolute Gasteiger partial charge is 0.493 e. The van der Waals surface area contributed by atoms with Gasteiger partial charge in [-0.1, -0.05) is 48.0 Å². The first-order chi connectivity index (χ1) is 14.7.